The van der Waals surface area contributed by atoms with Crippen molar-refractivity contribution in [2.24, 2.45) is 21.1 Å². The molecule has 0 unspecified atom stereocenters. The topological polar surface area (TPSA) is 111 Å². The third-order valence-corrected chi connectivity index (χ3v) is 2.92. The van der Waals surface area contributed by atoms with Gasteiger partial charge in [-0.15, -0.1) is 15.3 Å². The summed E-state index contributed by atoms with van der Waals surface area (Å²) in [5.41, 5.74) is 8.44. The van der Waals surface area contributed by atoms with Crippen molar-refractivity contribution in [3.8, 4) is 11.5 Å². The normalized spacial score (nSPS) is 13.3. The lowest BCUT2D eigenvalue weighted by Crippen LogP contribution is -2.25. The molecule has 8 nitrogen and oxygen atoms in total. The van der Waals surface area contributed by atoms with Gasteiger partial charge in [-0.25, -0.2) is 10.2 Å². The van der Waals surface area contributed by atoms with Crippen molar-refractivity contribution < 1.29 is 14.3 Å². The van der Waals surface area contributed by atoms with Crippen molar-refractivity contribution in [2.45, 2.75) is 0 Å². The van der Waals surface area contributed by atoms with Gasteiger partial charge in [0.25, 0.3) is 0 Å². The van der Waals surface area contributed by atoms with Crippen LogP contribution in [0.4, 0.5) is 10.5 Å². The van der Waals surface area contributed by atoms with Crippen LogP contribution in [0.2, 0.25) is 0 Å². The van der Waals surface area contributed by atoms with Crippen LogP contribution in [0.5, 0.6) is 11.5 Å². The van der Waals surface area contributed by atoms with Crippen LogP contribution >= 0.6 is 0 Å². The Morgan fingerprint density at radius 1 is 1.09 bits per heavy atom. The number of primary amides is 1. The number of fused-ring (bicyclic) bond motifs is 1. The first-order valence-corrected chi connectivity index (χ1v) is 6.72. The van der Waals surface area contributed by atoms with Gasteiger partial charge in [-0.1, -0.05) is 18.2 Å². The van der Waals surface area contributed by atoms with E-state index in [1.165, 1.54) is 0 Å². The van der Waals surface area contributed by atoms with E-state index in [9.17, 15) is 4.79 Å². The first kappa shape index (κ1) is 14.5. The van der Waals surface area contributed by atoms with E-state index in [1.807, 2.05) is 18.2 Å². The Kier molecular flexibility index (Phi) is 4.14. The van der Waals surface area contributed by atoms with Gasteiger partial charge in [0.2, 0.25) is 12.6 Å². The number of nitrogens with two attached hydrogens (primary N) is 1. The van der Waals surface area contributed by atoms with Crippen molar-refractivity contribution in [1.29, 1.82) is 0 Å². The second-order valence-corrected chi connectivity index (χ2v) is 4.52. The van der Waals surface area contributed by atoms with E-state index >= 15 is 0 Å². The molecule has 1 aliphatic heterocycles. The zero-order chi connectivity index (χ0) is 16.1. The lowest BCUT2D eigenvalue weighted by molar-refractivity contribution is 0.174. The molecule has 3 N–H and O–H groups in total. The third kappa shape index (κ3) is 3.62. The number of amidine groups is 1. The Labute approximate surface area is 131 Å². The van der Waals surface area contributed by atoms with E-state index < -0.39 is 6.03 Å². The Bertz CT molecular complexity index is 774. The van der Waals surface area contributed by atoms with Gasteiger partial charge in [-0.05, 0) is 30.3 Å². The summed E-state index contributed by atoms with van der Waals surface area (Å²) in [6.45, 7) is 0.163. The number of carbonyl (C=O) groups excluding carboxylic acids is 1. The number of nitrogens with one attached hydrogen (secondary N) is 1. The van der Waals surface area contributed by atoms with E-state index in [4.69, 9.17) is 15.2 Å². The maximum atomic E-state index is 10.9. The first-order valence-electron chi connectivity index (χ1n) is 6.72. The molecule has 0 saturated heterocycles. The fourth-order valence-electron chi connectivity index (χ4n) is 1.89. The van der Waals surface area contributed by atoms with Crippen LogP contribution in [0.1, 0.15) is 5.56 Å². The molecule has 8 heteroatoms. The van der Waals surface area contributed by atoms with Crippen molar-refractivity contribution in [3.63, 3.8) is 0 Å². The quantitative estimate of drug-likeness (QED) is 0.393. The van der Waals surface area contributed by atoms with E-state index in [0.717, 1.165) is 0 Å². The summed E-state index contributed by atoms with van der Waals surface area (Å²) in [4.78, 5) is 10.9. The molecular formula is C15H13N5O3. The molecule has 2 aromatic rings. The molecule has 0 spiro atoms. The van der Waals surface area contributed by atoms with E-state index in [1.54, 1.807) is 30.3 Å². The molecule has 23 heavy (non-hydrogen) atoms. The second kappa shape index (κ2) is 6.56. The predicted octanol–water partition coefficient (Wildman–Crippen LogP) is 2.53. The molecular weight excluding hydrogens is 298 g/mol. The lowest BCUT2D eigenvalue weighted by Gasteiger charge is -2.02. The molecule has 0 saturated carbocycles. The number of nitrogens with zero attached hydrogens (tertiary/aromatic N) is 3. The molecule has 0 fully saturated rings. The smallest absolute Gasteiger partial charge is 0.332 e. The lowest BCUT2D eigenvalue weighted by atomic mass is 10.2. The van der Waals surface area contributed by atoms with Gasteiger partial charge in [-0.2, -0.15) is 0 Å². The minimum atomic E-state index is -0.793. The molecule has 3 rings (SSSR count). The highest BCUT2D eigenvalue weighted by atomic mass is 16.7. The first-order chi connectivity index (χ1) is 11.2. The van der Waals surface area contributed by atoms with Crippen LogP contribution in [0, 0.1) is 0 Å². The van der Waals surface area contributed by atoms with Gasteiger partial charge in [-0.3, -0.25) is 0 Å². The van der Waals surface area contributed by atoms with E-state index in [2.05, 4.69) is 20.8 Å². The molecule has 0 atom stereocenters. The number of ether oxygens (including phenoxy) is 2. The standard InChI is InChI=1S/C15H13N5O3/c16-15(21)20-19-14(18-17-11-4-2-1-3-5-11)10-6-7-12-13(8-10)23-9-22-12/h1-8H,9H2,(H3,16,20,21)/b18-17?,19-14+. The summed E-state index contributed by atoms with van der Waals surface area (Å²) in [6.07, 6.45) is 0. The second-order valence-electron chi connectivity index (χ2n) is 4.52. The van der Waals surface area contributed by atoms with Gasteiger partial charge in [0.1, 0.15) is 0 Å². The molecule has 116 valence electrons. The summed E-state index contributed by atoms with van der Waals surface area (Å²) >= 11 is 0. The number of azo groups is 1. The van der Waals surface area contributed by atoms with Gasteiger partial charge >= 0.3 is 6.03 Å². The number of hydrazone groups is 1. The average Bonchev–Trinajstić information content (AvgIpc) is 3.03. The van der Waals surface area contributed by atoms with Crippen LogP contribution in [0.3, 0.4) is 0 Å². The monoisotopic (exact) mass is 311 g/mol. The van der Waals surface area contributed by atoms with Crippen molar-refractivity contribution >= 4 is 17.6 Å². The highest BCUT2D eigenvalue weighted by Gasteiger charge is 2.15. The van der Waals surface area contributed by atoms with Crippen molar-refractivity contribution in [2.75, 3.05) is 6.79 Å². The van der Waals surface area contributed by atoms with Crippen LogP contribution in [0.15, 0.2) is 63.9 Å². The minimum absolute atomic E-state index is 0.163. The number of rotatable bonds is 3. The van der Waals surface area contributed by atoms with Crippen LogP contribution in [-0.4, -0.2) is 18.7 Å². The fraction of sp³-hybridized carbons (Fsp3) is 0.0667. The summed E-state index contributed by atoms with van der Waals surface area (Å²) in [6, 6.07) is 13.5. The zero-order valence-electron chi connectivity index (χ0n) is 12.0. The Morgan fingerprint density at radius 2 is 1.87 bits per heavy atom. The number of benzene rings is 2. The fourth-order valence-corrected chi connectivity index (χ4v) is 1.89. The Morgan fingerprint density at radius 3 is 2.65 bits per heavy atom. The number of urea groups is 1. The van der Waals surface area contributed by atoms with Crippen LogP contribution in [-0.2, 0) is 0 Å². The largest absolute Gasteiger partial charge is 0.454 e. The molecule has 0 bridgehead atoms. The molecule has 2 amide bonds. The number of carbonyl (C=O) groups is 1. The highest BCUT2D eigenvalue weighted by molar-refractivity contribution is 6.00. The van der Waals surface area contributed by atoms with Gasteiger partial charge in [0, 0.05) is 5.56 Å². The van der Waals surface area contributed by atoms with E-state index in [0.29, 0.717) is 22.7 Å². The number of amides is 2. The maximum absolute atomic E-state index is 10.9. The van der Waals surface area contributed by atoms with Gasteiger partial charge < -0.3 is 15.2 Å². The van der Waals surface area contributed by atoms with Crippen molar-refractivity contribution in [1.82, 2.24) is 5.43 Å². The predicted molar refractivity (Wildman–Crippen MR) is 82.8 cm³/mol. The van der Waals surface area contributed by atoms with Crippen LogP contribution < -0.4 is 20.6 Å². The Balaban J connectivity index is 1.91. The highest BCUT2D eigenvalue weighted by Crippen LogP contribution is 2.32. The average molecular weight is 311 g/mol. The summed E-state index contributed by atoms with van der Waals surface area (Å²) in [5, 5.41) is 12.0. The molecule has 2 aromatic carbocycles. The maximum Gasteiger partial charge on any atom is 0.332 e. The molecule has 1 heterocycles. The molecule has 0 radical (unpaired) electrons. The summed E-state index contributed by atoms with van der Waals surface area (Å²) < 4.78 is 10.6. The Hall–Kier alpha value is -3.42. The minimum Gasteiger partial charge on any atom is -0.454 e. The third-order valence-electron chi connectivity index (χ3n) is 2.92. The molecule has 1 aliphatic rings. The SMILES string of the molecule is NC(=O)N/N=C(/N=Nc1ccccc1)c1ccc2c(c1)OCO2. The number of hydrogen-bond donors (Lipinski definition) is 2. The van der Waals surface area contributed by atoms with Crippen LogP contribution in [0.25, 0.3) is 0 Å². The molecule has 0 aliphatic carbocycles. The van der Waals surface area contributed by atoms with Gasteiger partial charge in [0.05, 0.1) is 5.69 Å². The summed E-state index contributed by atoms with van der Waals surface area (Å²) in [7, 11) is 0. The summed E-state index contributed by atoms with van der Waals surface area (Å²) in [5.74, 6) is 1.39. The number of hydrogen-bond acceptors (Lipinski definition) is 5. The van der Waals surface area contributed by atoms with Crippen molar-refractivity contribution in [3.05, 3.63) is 54.1 Å². The van der Waals surface area contributed by atoms with E-state index in [-0.39, 0.29) is 12.6 Å². The van der Waals surface area contributed by atoms with Gasteiger partial charge in [0.15, 0.2) is 11.5 Å². The molecule has 0 aromatic heterocycles. The zero-order valence-corrected chi connectivity index (χ0v) is 12.0.